The molecule has 1 rings (SSSR count). The molecular formula is C16H20F3NO4. The number of alkyl carbamates (subject to hydrolysis) is 1. The molecule has 1 atom stereocenters. The van der Waals surface area contributed by atoms with Crippen LogP contribution in [-0.4, -0.2) is 28.8 Å². The molecule has 0 unspecified atom stereocenters. The van der Waals surface area contributed by atoms with Crippen molar-refractivity contribution in [2.24, 2.45) is 0 Å². The van der Waals surface area contributed by atoms with Crippen molar-refractivity contribution in [1.29, 1.82) is 0 Å². The summed E-state index contributed by atoms with van der Waals surface area (Å²) in [6, 6.07) is 3.38. The minimum absolute atomic E-state index is 0.0596. The second-order valence-electron chi connectivity index (χ2n) is 6.27. The van der Waals surface area contributed by atoms with E-state index in [4.69, 9.17) is 9.84 Å². The maximum absolute atomic E-state index is 12.7. The molecule has 2 N–H and O–H groups in total. The molecule has 0 aliphatic carbocycles. The van der Waals surface area contributed by atoms with E-state index >= 15 is 0 Å². The van der Waals surface area contributed by atoms with Gasteiger partial charge in [-0.15, -0.1) is 0 Å². The zero-order chi connectivity index (χ0) is 18.5. The first kappa shape index (κ1) is 19.8. The number of carboxylic acid groups (broad SMARTS) is 1. The molecule has 134 valence electrons. The van der Waals surface area contributed by atoms with Gasteiger partial charge in [0.05, 0.1) is 5.56 Å². The largest absolute Gasteiger partial charge is 0.480 e. The predicted molar refractivity (Wildman–Crippen MR) is 80.6 cm³/mol. The number of nitrogens with one attached hydrogen (secondary N) is 1. The lowest BCUT2D eigenvalue weighted by Crippen LogP contribution is -2.43. The lowest BCUT2D eigenvalue weighted by Gasteiger charge is -2.22. The summed E-state index contributed by atoms with van der Waals surface area (Å²) >= 11 is 0. The number of halogens is 3. The molecule has 0 saturated heterocycles. The highest BCUT2D eigenvalue weighted by Crippen LogP contribution is 2.29. The zero-order valence-electron chi connectivity index (χ0n) is 13.6. The maximum atomic E-state index is 12.7. The Bertz CT molecular complexity index is 594. The Labute approximate surface area is 137 Å². The number of carbonyl (C=O) groups excluding carboxylic acids is 1. The van der Waals surface area contributed by atoms with Crippen LogP contribution in [0, 0.1) is 0 Å². The number of carboxylic acids is 1. The molecule has 5 nitrogen and oxygen atoms in total. The standard InChI is InChI=1S/C16H20F3NO4/c1-15(2,3)24-14(23)20-12(13(21)22)8-7-10-5-4-6-11(9-10)16(17,18)19/h4-6,9,12H,7-8H2,1-3H3,(H,20,23)(H,21,22)/t12-/m1/s1. The average Bonchev–Trinajstić information content (AvgIpc) is 2.40. The lowest BCUT2D eigenvalue weighted by molar-refractivity contribution is -0.140. The van der Waals surface area contributed by atoms with E-state index in [1.54, 1.807) is 20.8 Å². The first-order chi connectivity index (χ1) is 10.9. The van der Waals surface area contributed by atoms with Gasteiger partial charge in [0.1, 0.15) is 11.6 Å². The van der Waals surface area contributed by atoms with Crippen molar-refractivity contribution in [2.45, 2.75) is 51.4 Å². The molecule has 8 heteroatoms. The fourth-order valence-corrected chi connectivity index (χ4v) is 1.92. The van der Waals surface area contributed by atoms with E-state index in [1.165, 1.54) is 12.1 Å². The van der Waals surface area contributed by atoms with Crippen LogP contribution in [-0.2, 0) is 22.1 Å². The van der Waals surface area contributed by atoms with Gasteiger partial charge in [0.25, 0.3) is 0 Å². The van der Waals surface area contributed by atoms with Gasteiger partial charge in [-0.25, -0.2) is 9.59 Å². The molecule has 0 bridgehead atoms. The third-order valence-electron chi connectivity index (χ3n) is 2.97. The third-order valence-corrected chi connectivity index (χ3v) is 2.97. The molecule has 0 heterocycles. The van der Waals surface area contributed by atoms with Gasteiger partial charge in [0, 0.05) is 0 Å². The van der Waals surface area contributed by atoms with E-state index in [2.05, 4.69) is 5.32 Å². The quantitative estimate of drug-likeness (QED) is 0.853. The number of ether oxygens (including phenoxy) is 1. The van der Waals surface area contributed by atoms with Crippen LogP contribution in [0.25, 0.3) is 0 Å². The molecular weight excluding hydrogens is 327 g/mol. The molecule has 0 fully saturated rings. The second-order valence-corrected chi connectivity index (χ2v) is 6.27. The van der Waals surface area contributed by atoms with E-state index in [1.807, 2.05) is 0 Å². The van der Waals surface area contributed by atoms with Gasteiger partial charge < -0.3 is 15.2 Å². The number of hydrogen-bond donors (Lipinski definition) is 2. The van der Waals surface area contributed by atoms with E-state index < -0.39 is 35.4 Å². The molecule has 0 aromatic heterocycles. The van der Waals surface area contributed by atoms with Gasteiger partial charge >= 0.3 is 18.2 Å². The first-order valence-corrected chi connectivity index (χ1v) is 7.27. The number of hydrogen-bond acceptors (Lipinski definition) is 3. The number of benzene rings is 1. The number of amides is 1. The van der Waals surface area contributed by atoms with Gasteiger partial charge in [-0.2, -0.15) is 13.2 Å². The van der Waals surface area contributed by atoms with Crippen LogP contribution in [0.4, 0.5) is 18.0 Å². The summed E-state index contributed by atoms with van der Waals surface area (Å²) in [5.74, 6) is -1.28. The van der Waals surface area contributed by atoms with Crippen LogP contribution in [0.2, 0.25) is 0 Å². The van der Waals surface area contributed by atoms with E-state index in [0.29, 0.717) is 5.56 Å². The maximum Gasteiger partial charge on any atom is 0.416 e. The summed E-state index contributed by atoms with van der Waals surface area (Å²) in [5.41, 5.74) is -1.25. The Morgan fingerprint density at radius 2 is 1.88 bits per heavy atom. The van der Waals surface area contributed by atoms with Gasteiger partial charge in [-0.05, 0) is 45.2 Å². The van der Waals surface area contributed by atoms with Crippen molar-refractivity contribution in [2.75, 3.05) is 0 Å². The number of rotatable bonds is 5. The highest BCUT2D eigenvalue weighted by Gasteiger charge is 2.30. The van der Waals surface area contributed by atoms with Gasteiger partial charge in [0.15, 0.2) is 0 Å². The van der Waals surface area contributed by atoms with Crippen LogP contribution in [0.1, 0.15) is 38.3 Å². The van der Waals surface area contributed by atoms with Crippen LogP contribution < -0.4 is 5.32 Å². The minimum Gasteiger partial charge on any atom is -0.480 e. The molecule has 0 radical (unpaired) electrons. The summed E-state index contributed by atoms with van der Waals surface area (Å²) in [6.45, 7) is 4.89. The van der Waals surface area contributed by atoms with Crippen molar-refractivity contribution in [3.05, 3.63) is 35.4 Å². The molecule has 24 heavy (non-hydrogen) atoms. The first-order valence-electron chi connectivity index (χ1n) is 7.27. The molecule has 0 aliphatic rings. The molecule has 1 amide bonds. The smallest absolute Gasteiger partial charge is 0.416 e. The number of alkyl halides is 3. The lowest BCUT2D eigenvalue weighted by atomic mass is 10.0. The summed E-state index contributed by atoms with van der Waals surface area (Å²) in [7, 11) is 0. The van der Waals surface area contributed by atoms with Gasteiger partial charge in [-0.3, -0.25) is 0 Å². The Balaban J connectivity index is 2.71. The van der Waals surface area contributed by atoms with Crippen molar-refractivity contribution >= 4 is 12.1 Å². The summed E-state index contributed by atoms with van der Waals surface area (Å²) in [4.78, 5) is 22.8. The summed E-state index contributed by atoms with van der Waals surface area (Å²) in [6.07, 6.45) is -5.34. The number of aliphatic carboxylic acids is 1. The van der Waals surface area contributed by atoms with Crippen molar-refractivity contribution in [1.82, 2.24) is 5.32 Å². The van der Waals surface area contributed by atoms with Crippen LogP contribution in [0.3, 0.4) is 0 Å². The van der Waals surface area contributed by atoms with E-state index in [-0.39, 0.29) is 12.8 Å². The van der Waals surface area contributed by atoms with Gasteiger partial charge in [0.2, 0.25) is 0 Å². The SMILES string of the molecule is CC(C)(C)OC(=O)N[C@H](CCc1cccc(C(F)(F)F)c1)C(=O)O. The normalized spacial score (nSPS) is 13.2. The predicted octanol–water partition coefficient (Wildman–Crippen LogP) is 3.62. The topological polar surface area (TPSA) is 75.6 Å². The molecule has 0 aliphatic heterocycles. The summed E-state index contributed by atoms with van der Waals surface area (Å²) < 4.78 is 42.9. The third kappa shape index (κ3) is 6.89. The Hall–Kier alpha value is -2.25. The monoisotopic (exact) mass is 347 g/mol. The van der Waals surface area contributed by atoms with Crippen LogP contribution in [0.5, 0.6) is 0 Å². The second kappa shape index (κ2) is 7.55. The zero-order valence-corrected chi connectivity index (χ0v) is 13.6. The van der Waals surface area contributed by atoms with E-state index in [0.717, 1.165) is 12.1 Å². The van der Waals surface area contributed by atoms with Crippen molar-refractivity contribution in [3.63, 3.8) is 0 Å². The molecule has 0 spiro atoms. The highest BCUT2D eigenvalue weighted by atomic mass is 19.4. The van der Waals surface area contributed by atoms with Crippen LogP contribution in [0.15, 0.2) is 24.3 Å². The molecule has 1 aromatic rings. The number of carbonyl (C=O) groups is 2. The Kier molecular flexibility index (Phi) is 6.22. The Morgan fingerprint density at radius 1 is 1.25 bits per heavy atom. The minimum atomic E-state index is -4.46. The molecule has 1 aromatic carbocycles. The average molecular weight is 347 g/mol. The highest BCUT2D eigenvalue weighted by molar-refractivity contribution is 5.80. The number of aryl methyl sites for hydroxylation is 1. The van der Waals surface area contributed by atoms with Crippen LogP contribution >= 0.6 is 0 Å². The van der Waals surface area contributed by atoms with Gasteiger partial charge in [-0.1, -0.05) is 18.2 Å². The Morgan fingerprint density at radius 3 is 2.38 bits per heavy atom. The van der Waals surface area contributed by atoms with E-state index in [9.17, 15) is 22.8 Å². The van der Waals surface area contributed by atoms with Crippen molar-refractivity contribution < 1.29 is 32.6 Å². The fourth-order valence-electron chi connectivity index (χ4n) is 1.92. The molecule has 0 saturated carbocycles. The fraction of sp³-hybridized carbons (Fsp3) is 0.500. The van der Waals surface area contributed by atoms with Crippen molar-refractivity contribution in [3.8, 4) is 0 Å². The summed E-state index contributed by atoms with van der Waals surface area (Å²) in [5, 5.41) is 11.3.